The Morgan fingerprint density at radius 1 is 1.39 bits per heavy atom. The Morgan fingerprint density at radius 2 is 2.06 bits per heavy atom. The third-order valence-electron chi connectivity index (χ3n) is 3.79. The first-order valence-electron chi connectivity index (χ1n) is 6.57. The lowest BCUT2D eigenvalue weighted by atomic mass is 9.95. The van der Waals surface area contributed by atoms with Crippen LogP contribution in [0.2, 0.25) is 5.02 Å². The predicted octanol–water partition coefficient (Wildman–Crippen LogP) is 3.50. The second-order valence-corrected chi connectivity index (χ2v) is 5.89. The molecule has 1 saturated heterocycles. The summed E-state index contributed by atoms with van der Waals surface area (Å²) in [6, 6.07) is 7.16. The van der Waals surface area contributed by atoms with E-state index in [0.29, 0.717) is 17.5 Å². The molecule has 0 spiro atoms. The lowest BCUT2D eigenvalue weighted by Gasteiger charge is -2.17. The average Bonchev–Trinajstić information content (AvgIpc) is 2.78. The number of ketones is 1. The Balaban J connectivity index is 1.91. The van der Waals surface area contributed by atoms with Crippen LogP contribution >= 0.6 is 11.6 Å². The smallest absolute Gasteiger partial charge is 0.176 e. The van der Waals surface area contributed by atoms with Crippen LogP contribution in [0.5, 0.6) is 0 Å². The van der Waals surface area contributed by atoms with Crippen LogP contribution < -0.4 is 0 Å². The molecule has 1 aliphatic rings. The van der Waals surface area contributed by atoms with Crippen LogP contribution in [0.1, 0.15) is 30.6 Å². The molecule has 3 heteroatoms. The number of nitrogens with zero attached hydrogens (tertiary/aromatic N) is 1. The summed E-state index contributed by atoms with van der Waals surface area (Å²) in [4.78, 5) is 14.4. The monoisotopic (exact) mass is 265 g/mol. The van der Waals surface area contributed by atoms with Crippen molar-refractivity contribution >= 4 is 17.4 Å². The van der Waals surface area contributed by atoms with Gasteiger partial charge in [-0.25, -0.2) is 0 Å². The largest absolute Gasteiger partial charge is 0.296 e. The summed E-state index contributed by atoms with van der Waals surface area (Å²) in [7, 11) is 0. The number of hydrogen-bond acceptors (Lipinski definition) is 2. The maximum atomic E-state index is 12.1. The van der Waals surface area contributed by atoms with Gasteiger partial charge in [0.15, 0.2) is 5.78 Å². The van der Waals surface area contributed by atoms with E-state index < -0.39 is 0 Å². The fourth-order valence-corrected chi connectivity index (χ4v) is 2.61. The van der Waals surface area contributed by atoms with E-state index in [2.05, 4.69) is 18.7 Å². The van der Waals surface area contributed by atoms with Gasteiger partial charge in [0.1, 0.15) is 0 Å². The number of likely N-dealkylation sites (tertiary alicyclic amines) is 1. The van der Waals surface area contributed by atoms with E-state index in [4.69, 9.17) is 11.6 Å². The summed E-state index contributed by atoms with van der Waals surface area (Å²) in [5.41, 5.74) is 0.757. The van der Waals surface area contributed by atoms with Crippen LogP contribution in [0.25, 0.3) is 0 Å². The Labute approximate surface area is 114 Å². The fourth-order valence-electron chi connectivity index (χ4n) is 2.48. The van der Waals surface area contributed by atoms with Crippen LogP contribution in [-0.4, -0.2) is 30.3 Å². The average molecular weight is 266 g/mol. The normalized spacial score (nSPS) is 20.6. The summed E-state index contributed by atoms with van der Waals surface area (Å²) in [5.74, 6) is 1.64. The van der Waals surface area contributed by atoms with Gasteiger partial charge >= 0.3 is 0 Å². The number of benzene rings is 1. The SMILES string of the molecule is CC(C)C1CCN(CC(=O)c2ccc(Cl)cc2)C1. The summed E-state index contributed by atoms with van der Waals surface area (Å²) >= 11 is 5.82. The maximum Gasteiger partial charge on any atom is 0.176 e. The molecule has 1 aromatic rings. The van der Waals surface area contributed by atoms with Gasteiger partial charge in [0.25, 0.3) is 0 Å². The van der Waals surface area contributed by atoms with Crippen LogP contribution in [0.15, 0.2) is 24.3 Å². The molecular formula is C15H20ClNO. The predicted molar refractivity (Wildman–Crippen MR) is 75.2 cm³/mol. The second kappa shape index (κ2) is 5.85. The zero-order valence-electron chi connectivity index (χ0n) is 11.0. The highest BCUT2D eigenvalue weighted by Gasteiger charge is 2.26. The molecule has 1 fully saturated rings. The van der Waals surface area contributed by atoms with E-state index in [1.807, 2.05) is 0 Å². The minimum atomic E-state index is 0.191. The minimum Gasteiger partial charge on any atom is -0.296 e. The van der Waals surface area contributed by atoms with E-state index in [0.717, 1.165) is 24.6 Å². The first kappa shape index (κ1) is 13.6. The molecule has 1 atom stereocenters. The van der Waals surface area contributed by atoms with E-state index in [1.165, 1.54) is 6.42 Å². The number of carbonyl (C=O) groups is 1. The lowest BCUT2D eigenvalue weighted by Crippen LogP contribution is -2.28. The summed E-state index contributed by atoms with van der Waals surface area (Å²) in [6.45, 7) is 7.15. The van der Waals surface area contributed by atoms with Gasteiger partial charge in [-0.3, -0.25) is 9.69 Å². The van der Waals surface area contributed by atoms with Crippen molar-refractivity contribution in [1.82, 2.24) is 4.90 Å². The number of carbonyl (C=O) groups excluding carboxylic acids is 1. The molecular weight excluding hydrogens is 246 g/mol. The number of hydrogen-bond donors (Lipinski definition) is 0. The molecule has 0 aromatic heterocycles. The van der Waals surface area contributed by atoms with Crippen molar-refractivity contribution in [2.75, 3.05) is 19.6 Å². The van der Waals surface area contributed by atoms with Gasteiger partial charge in [-0.05, 0) is 49.1 Å². The van der Waals surface area contributed by atoms with Crippen LogP contribution in [0.3, 0.4) is 0 Å². The van der Waals surface area contributed by atoms with E-state index >= 15 is 0 Å². The van der Waals surface area contributed by atoms with Crippen molar-refractivity contribution in [2.24, 2.45) is 11.8 Å². The first-order valence-corrected chi connectivity index (χ1v) is 6.95. The molecule has 1 unspecified atom stereocenters. The molecule has 2 nitrogen and oxygen atoms in total. The van der Waals surface area contributed by atoms with Crippen molar-refractivity contribution in [3.63, 3.8) is 0 Å². The zero-order chi connectivity index (χ0) is 13.1. The van der Waals surface area contributed by atoms with Gasteiger partial charge in [0, 0.05) is 17.1 Å². The van der Waals surface area contributed by atoms with Crippen molar-refractivity contribution in [3.05, 3.63) is 34.9 Å². The quantitative estimate of drug-likeness (QED) is 0.777. The summed E-state index contributed by atoms with van der Waals surface area (Å²) in [6.07, 6.45) is 1.21. The molecule has 2 rings (SSSR count). The van der Waals surface area contributed by atoms with E-state index in [-0.39, 0.29) is 5.78 Å². The summed E-state index contributed by atoms with van der Waals surface area (Å²) < 4.78 is 0. The minimum absolute atomic E-state index is 0.191. The van der Waals surface area contributed by atoms with Gasteiger partial charge in [-0.1, -0.05) is 25.4 Å². The fraction of sp³-hybridized carbons (Fsp3) is 0.533. The molecule has 0 bridgehead atoms. The molecule has 0 amide bonds. The molecule has 0 radical (unpaired) electrons. The van der Waals surface area contributed by atoms with Crippen molar-refractivity contribution in [2.45, 2.75) is 20.3 Å². The van der Waals surface area contributed by atoms with Crippen molar-refractivity contribution in [1.29, 1.82) is 0 Å². The summed E-state index contributed by atoms with van der Waals surface area (Å²) in [5, 5.41) is 0.674. The molecule has 1 aliphatic heterocycles. The molecule has 98 valence electrons. The van der Waals surface area contributed by atoms with Crippen molar-refractivity contribution < 1.29 is 4.79 Å². The highest BCUT2D eigenvalue weighted by atomic mass is 35.5. The topological polar surface area (TPSA) is 20.3 Å². The number of rotatable bonds is 4. The van der Waals surface area contributed by atoms with Gasteiger partial charge in [0.05, 0.1) is 6.54 Å². The van der Waals surface area contributed by atoms with Crippen LogP contribution in [0, 0.1) is 11.8 Å². The molecule has 0 saturated carbocycles. The second-order valence-electron chi connectivity index (χ2n) is 5.46. The molecule has 1 aromatic carbocycles. The van der Waals surface area contributed by atoms with Gasteiger partial charge in [0.2, 0.25) is 0 Å². The number of Topliss-reactive ketones (excluding diaryl/α,β-unsaturated/α-hetero) is 1. The van der Waals surface area contributed by atoms with Gasteiger partial charge in [-0.2, -0.15) is 0 Å². The molecule has 0 N–H and O–H groups in total. The van der Waals surface area contributed by atoms with Crippen LogP contribution in [0.4, 0.5) is 0 Å². The Hall–Kier alpha value is -0.860. The first-order chi connectivity index (χ1) is 8.56. The van der Waals surface area contributed by atoms with Crippen LogP contribution in [-0.2, 0) is 0 Å². The van der Waals surface area contributed by atoms with Crippen molar-refractivity contribution in [3.8, 4) is 0 Å². The standard InChI is InChI=1S/C15H20ClNO/c1-11(2)13-7-8-17(9-13)10-15(18)12-3-5-14(16)6-4-12/h3-6,11,13H,7-10H2,1-2H3. The zero-order valence-corrected chi connectivity index (χ0v) is 11.8. The highest BCUT2D eigenvalue weighted by molar-refractivity contribution is 6.30. The third kappa shape index (κ3) is 3.33. The molecule has 18 heavy (non-hydrogen) atoms. The lowest BCUT2D eigenvalue weighted by molar-refractivity contribution is 0.0942. The van der Waals surface area contributed by atoms with E-state index in [9.17, 15) is 4.79 Å². The maximum absolute atomic E-state index is 12.1. The third-order valence-corrected chi connectivity index (χ3v) is 4.04. The molecule has 1 heterocycles. The molecule has 0 aliphatic carbocycles. The Kier molecular flexibility index (Phi) is 4.41. The number of halogens is 1. The Morgan fingerprint density at radius 3 is 2.61 bits per heavy atom. The van der Waals surface area contributed by atoms with Gasteiger partial charge < -0.3 is 0 Å². The Bertz CT molecular complexity index is 413. The van der Waals surface area contributed by atoms with E-state index in [1.54, 1.807) is 24.3 Å². The highest BCUT2D eigenvalue weighted by Crippen LogP contribution is 2.23. The van der Waals surface area contributed by atoms with Gasteiger partial charge in [-0.15, -0.1) is 0 Å².